The molecule has 0 bridgehead atoms. The van der Waals surface area contributed by atoms with Gasteiger partial charge in [-0.2, -0.15) is 0 Å². The molecule has 4 rings (SSSR count). The van der Waals surface area contributed by atoms with Gasteiger partial charge in [0.25, 0.3) is 0 Å². The molecule has 0 saturated carbocycles. The van der Waals surface area contributed by atoms with Gasteiger partial charge in [-0.1, -0.05) is 42.5 Å². The van der Waals surface area contributed by atoms with Gasteiger partial charge in [0, 0.05) is 18.4 Å². The Bertz CT molecular complexity index is 1080. The van der Waals surface area contributed by atoms with Crippen LogP contribution in [-0.2, 0) is 9.53 Å². The van der Waals surface area contributed by atoms with Crippen molar-refractivity contribution >= 4 is 12.0 Å². The maximum Gasteiger partial charge on any atom is 0.417 e. The number of nitrogens with zero attached hydrogens (tertiary/aromatic N) is 1. The predicted octanol–water partition coefficient (Wildman–Crippen LogP) is 5.35. The lowest BCUT2D eigenvalue weighted by molar-refractivity contribution is -0.128. The fourth-order valence-corrected chi connectivity index (χ4v) is 3.69. The number of rotatable bonds is 5. The van der Waals surface area contributed by atoms with Gasteiger partial charge in [-0.25, -0.2) is 22.9 Å². The molecule has 7 heteroatoms. The van der Waals surface area contributed by atoms with Gasteiger partial charge in [-0.15, -0.1) is 0 Å². The van der Waals surface area contributed by atoms with Gasteiger partial charge in [0.1, 0.15) is 23.6 Å². The second kappa shape index (κ2) is 8.63. The molecule has 1 saturated heterocycles. The zero-order valence-electron chi connectivity index (χ0n) is 16.3. The SMILES string of the molecule is O=C(CC(c1ccc(F)cc1)c1cc(F)cc(F)c1)N1CC(c2ccccc2)OC1=O. The molecule has 0 spiro atoms. The number of ether oxygens (including phenoxy) is 1. The van der Waals surface area contributed by atoms with Crippen molar-refractivity contribution in [2.45, 2.75) is 18.4 Å². The van der Waals surface area contributed by atoms with Crippen LogP contribution in [0.3, 0.4) is 0 Å². The molecule has 3 aromatic carbocycles. The van der Waals surface area contributed by atoms with Crippen molar-refractivity contribution in [1.82, 2.24) is 4.90 Å². The van der Waals surface area contributed by atoms with Crippen molar-refractivity contribution in [3.05, 3.63) is 107 Å². The number of amides is 2. The van der Waals surface area contributed by atoms with Crippen LogP contribution < -0.4 is 0 Å². The van der Waals surface area contributed by atoms with Gasteiger partial charge in [-0.3, -0.25) is 4.79 Å². The van der Waals surface area contributed by atoms with E-state index >= 15 is 0 Å². The van der Waals surface area contributed by atoms with E-state index in [1.807, 2.05) is 6.07 Å². The van der Waals surface area contributed by atoms with Crippen LogP contribution in [0.5, 0.6) is 0 Å². The summed E-state index contributed by atoms with van der Waals surface area (Å²) >= 11 is 0. The van der Waals surface area contributed by atoms with Crippen molar-refractivity contribution in [1.29, 1.82) is 0 Å². The Balaban J connectivity index is 1.60. The minimum Gasteiger partial charge on any atom is -0.439 e. The number of halogens is 3. The molecule has 2 unspecified atom stereocenters. The van der Waals surface area contributed by atoms with Crippen LogP contribution in [0.15, 0.2) is 72.8 Å². The lowest BCUT2D eigenvalue weighted by atomic mass is 9.88. The molecule has 158 valence electrons. The molecule has 4 nitrogen and oxygen atoms in total. The van der Waals surface area contributed by atoms with Crippen molar-refractivity contribution in [2.24, 2.45) is 0 Å². The third kappa shape index (κ3) is 4.60. The highest BCUT2D eigenvalue weighted by molar-refractivity contribution is 5.93. The molecule has 2 atom stereocenters. The number of benzene rings is 3. The van der Waals surface area contributed by atoms with Crippen molar-refractivity contribution in [2.75, 3.05) is 6.54 Å². The van der Waals surface area contributed by atoms with E-state index in [0.717, 1.165) is 28.7 Å². The third-order valence-corrected chi connectivity index (χ3v) is 5.22. The first-order chi connectivity index (χ1) is 14.9. The lowest BCUT2D eigenvalue weighted by Gasteiger charge is -2.20. The van der Waals surface area contributed by atoms with E-state index in [1.54, 1.807) is 24.3 Å². The Kier molecular flexibility index (Phi) is 5.75. The molecule has 1 aliphatic heterocycles. The van der Waals surface area contributed by atoms with Crippen LogP contribution in [0.4, 0.5) is 18.0 Å². The summed E-state index contributed by atoms with van der Waals surface area (Å²) in [5, 5.41) is 0. The fourth-order valence-electron chi connectivity index (χ4n) is 3.69. The highest BCUT2D eigenvalue weighted by Crippen LogP contribution is 2.32. The van der Waals surface area contributed by atoms with E-state index in [1.165, 1.54) is 24.3 Å². The zero-order chi connectivity index (χ0) is 22.0. The molecular weight excluding hydrogens is 407 g/mol. The quantitative estimate of drug-likeness (QED) is 0.554. The summed E-state index contributed by atoms with van der Waals surface area (Å²) in [5.41, 5.74) is 1.46. The number of hydrogen-bond acceptors (Lipinski definition) is 3. The number of cyclic esters (lactones) is 1. The Morgan fingerprint density at radius 1 is 0.903 bits per heavy atom. The first kappa shape index (κ1) is 20.7. The van der Waals surface area contributed by atoms with Gasteiger partial charge in [0.15, 0.2) is 0 Å². The summed E-state index contributed by atoms with van der Waals surface area (Å²) in [6.07, 6.45) is -1.61. The van der Waals surface area contributed by atoms with Gasteiger partial charge in [-0.05, 0) is 41.0 Å². The van der Waals surface area contributed by atoms with E-state index in [0.29, 0.717) is 5.56 Å². The summed E-state index contributed by atoms with van der Waals surface area (Å²) in [7, 11) is 0. The molecule has 1 heterocycles. The standard InChI is InChI=1S/C24H18F3NO3/c25-18-8-6-15(7-9-18)21(17-10-19(26)12-20(27)11-17)13-23(29)28-14-22(31-24(28)30)16-4-2-1-3-5-16/h1-12,21-22H,13-14H2. The Morgan fingerprint density at radius 2 is 1.55 bits per heavy atom. The number of carbonyl (C=O) groups is 2. The summed E-state index contributed by atoms with van der Waals surface area (Å²) in [5.74, 6) is -3.39. The normalized spacial score (nSPS) is 16.8. The molecule has 1 fully saturated rings. The predicted molar refractivity (Wildman–Crippen MR) is 107 cm³/mol. The fraction of sp³-hybridized carbons (Fsp3) is 0.167. The molecule has 0 aliphatic carbocycles. The number of imide groups is 1. The largest absolute Gasteiger partial charge is 0.439 e. The first-order valence-electron chi connectivity index (χ1n) is 9.68. The summed E-state index contributed by atoms with van der Waals surface area (Å²) in [6, 6.07) is 17.3. The maximum atomic E-state index is 13.8. The highest BCUT2D eigenvalue weighted by atomic mass is 19.1. The Morgan fingerprint density at radius 3 is 2.19 bits per heavy atom. The molecule has 0 aromatic heterocycles. The lowest BCUT2D eigenvalue weighted by Crippen LogP contribution is -2.33. The van der Waals surface area contributed by atoms with Gasteiger partial charge in [0.2, 0.25) is 5.91 Å². The zero-order valence-corrected chi connectivity index (χ0v) is 16.3. The first-order valence-corrected chi connectivity index (χ1v) is 9.68. The molecule has 0 N–H and O–H groups in total. The van der Waals surface area contributed by atoms with E-state index in [-0.39, 0.29) is 18.5 Å². The van der Waals surface area contributed by atoms with Crippen LogP contribution >= 0.6 is 0 Å². The van der Waals surface area contributed by atoms with E-state index < -0.39 is 41.5 Å². The molecular formula is C24H18F3NO3. The van der Waals surface area contributed by atoms with Crippen molar-refractivity contribution < 1.29 is 27.5 Å². The second-order valence-corrected chi connectivity index (χ2v) is 7.30. The van der Waals surface area contributed by atoms with E-state index in [4.69, 9.17) is 4.74 Å². The minimum atomic E-state index is -0.792. The summed E-state index contributed by atoms with van der Waals surface area (Å²) < 4.78 is 46.4. The van der Waals surface area contributed by atoms with E-state index in [2.05, 4.69) is 0 Å². The monoisotopic (exact) mass is 425 g/mol. The molecule has 1 aliphatic rings. The number of carbonyl (C=O) groups excluding carboxylic acids is 2. The van der Waals surface area contributed by atoms with Gasteiger partial charge >= 0.3 is 6.09 Å². The van der Waals surface area contributed by atoms with Crippen LogP contribution in [0, 0.1) is 17.5 Å². The average Bonchev–Trinajstić information content (AvgIpc) is 3.14. The van der Waals surface area contributed by atoms with Crippen molar-refractivity contribution in [3.63, 3.8) is 0 Å². The number of hydrogen-bond donors (Lipinski definition) is 0. The topological polar surface area (TPSA) is 46.6 Å². The van der Waals surface area contributed by atoms with Crippen LogP contribution in [0.2, 0.25) is 0 Å². The van der Waals surface area contributed by atoms with Crippen molar-refractivity contribution in [3.8, 4) is 0 Å². The third-order valence-electron chi connectivity index (χ3n) is 5.22. The van der Waals surface area contributed by atoms with Crippen LogP contribution in [-0.4, -0.2) is 23.4 Å². The van der Waals surface area contributed by atoms with E-state index in [9.17, 15) is 22.8 Å². The minimum absolute atomic E-state index is 0.0370. The van der Waals surface area contributed by atoms with Gasteiger partial charge in [0.05, 0.1) is 6.54 Å². The summed E-state index contributed by atoms with van der Waals surface area (Å²) in [4.78, 5) is 26.3. The van der Waals surface area contributed by atoms with Crippen LogP contribution in [0.1, 0.15) is 35.1 Å². The molecule has 31 heavy (non-hydrogen) atoms. The molecule has 3 aromatic rings. The molecule has 0 radical (unpaired) electrons. The molecule has 2 amide bonds. The highest BCUT2D eigenvalue weighted by Gasteiger charge is 2.37. The average molecular weight is 425 g/mol. The second-order valence-electron chi connectivity index (χ2n) is 7.30. The summed E-state index contributed by atoms with van der Waals surface area (Å²) in [6.45, 7) is 0.0370. The Hall–Kier alpha value is -3.61. The van der Waals surface area contributed by atoms with Crippen LogP contribution in [0.25, 0.3) is 0 Å². The Labute approximate surface area is 176 Å². The maximum absolute atomic E-state index is 13.8. The smallest absolute Gasteiger partial charge is 0.417 e. The van der Waals surface area contributed by atoms with Gasteiger partial charge < -0.3 is 4.74 Å².